The van der Waals surface area contributed by atoms with Crippen LogP contribution < -0.4 is 14.8 Å². The second-order valence-electron chi connectivity index (χ2n) is 5.71. The van der Waals surface area contributed by atoms with E-state index in [-0.39, 0.29) is 18.3 Å². The molecular formula is C17H23ClN4O3. The lowest BCUT2D eigenvalue weighted by atomic mass is 10.1. The maximum Gasteiger partial charge on any atom is 0.274 e. The number of benzene rings is 1. The Labute approximate surface area is 153 Å². The van der Waals surface area contributed by atoms with E-state index in [4.69, 9.17) is 9.47 Å². The molecule has 1 amide bonds. The van der Waals surface area contributed by atoms with Crippen LogP contribution in [0.2, 0.25) is 0 Å². The second kappa shape index (κ2) is 8.73. The number of hydrogen-bond donors (Lipinski definition) is 2. The first-order chi connectivity index (χ1) is 11.7. The van der Waals surface area contributed by atoms with Crippen LogP contribution in [-0.4, -0.2) is 54.9 Å². The number of methoxy groups -OCH3 is 1. The number of rotatable bonds is 6. The number of hydrogen-bond acceptors (Lipinski definition) is 5. The van der Waals surface area contributed by atoms with Gasteiger partial charge < -0.3 is 19.7 Å². The number of aromatic nitrogens is 2. The maximum atomic E-state index is 12.5. The summed E-state index contributed by atoms with van der Waals surface area (Å²) >= 11 is 0. The Morgan fingerprint density at radius 1 is 1.28 bits per heavy atom. The van der Waals surface area contributed by atoms with Crippen LogP contribution in [-0.2, 0) is 13.0 Å². The fourth-order valence-electron chi connectivity index (χ4n) is 2.66. The van der Waals surface area contributed by atoms with Crippen molar-refractivity contribution >= 4 is 18.3 Å². The highest BCUT2D eigenvalue weighted by molar-refractivity contribution is 5.93. The molecule has 2 heterocycles. The van der Waals surface area contributed by atoms with Crippen LogP contribution in [0.15, 0.2) is 24.3 Å². The zero-order valence-corrected chi connectivity index (χ0v) is 15.2. The number of amides is 1. The molecular weight excluding hydrogens is 344 g/mol. The van der Waals surface area contributed by atoms with Gasteiger partial charge in [-0.2, -0.15) is 5.10 Å². The summed E-state index contributed by atoms with van der Waals surface area (Å²) in [5.74, 6) is 1.44. The van der Waals surface area contributed by atoms with E-state index in [1.165, 1.54) is 0 Å². The number of carbonyl (C=O) groups excluding carboxylic acids is 1. The van der Waals surface area contributed by atoms with Crippen LogP contribution in [0.25, 0.3) is 0 Å². The van der Waals surface area contributed by atoms with Crippen molar-refractivity contribution in [1.29, 1.82) is 0 Å². The second-order valence-corrected chi connectivity index (χ2v) is 5.71. The number of aromatic amines is 1. The third-order valence-electron chi connectivity index (χ3n) is 4.11. The summed E-state index contributed by atoms with van der Waals surface area (Å²) in [6.45, 7) is 2.50. The molecule has 136 valence electrons. The van der Waals surface area contributed by atoms with Gasteiger partial charge in [-0.25, -0.2) is 0 Å². The van der Waals surface area contributed by atoms with Crippen molar-refractivity contribution in [1.82, 2.24) is 20.4 Å². The molecule has 2 N–H and O–H groups in total. The lowest BCUT2D eigenvalue weighted by Gasteiger charge is -2.18. The third-order valence-corrected chi connectivity index (χ3v) is 4.11. The van der Waals surface area contributed by atoms with Gasteiger partial charge >= 0.3 is 0 Å². The Kier molecular flexibility index (Phi) is 6.66. The number of nitrogens with zero attached hydrogens (tertiary/aromatic N) is 2. The average molecular weight is 367 g/mol. The molecule has 0 atom stereocenters. The number of H-pyrrole nitrogens is 1. The standard InChI is InChI=1S/C17H22N4O3.ClH/c1-21(9-10-24-13-5-3-12(23-2)4-6-13)17(22)16-14-11-18-8-7-15(14)19-20-16;/h3-6,18H,7-11H2,1-2H3,(H,19,20);1H. The van der Waals surface area contributed by atoms with Crippen molar-refractivity contribution in [3.8, 4) is 11.5 Å². The molecule has 0 bridgehead atoms. The lowest BCUT2D eigenvalue weighted by Crippen LogP contribution is -2.33. The monoisotopic (exact) mass is 366 g/mol. The molecule has 1 aromatic carbocycles. The fourth-order valence-corrected chi connectivity index (χ4v) is 2.66. The molecule has 0 unspecified atom stereocenters. The van der Waals surface area contributed by atoms with Gasteiger partial charge in [-0.3, -0.25) is 9.89 Å². The van der Waals surface area contributed by atoms with E-state index in [0.717, 1.165) is 35.7 Å². The maximum absolute atomic E-state index is 12.5. The van der Waals surface area contributed by atoms with Crippen molar-refractivity contribution < 1.29 is 14.3 Å². The van der Waals surface area contributed by atoms with Crippen LogP contribution in [0, 0.1) is 0 Å². The average Bonchev–Trinajstić information content (AvgIpc) is 3.05. The molecule has 1 aliphatic rings. The Morgan fingerprint density at radius 2 is 2.00 bits per heavy atom. The van der Waals surface area contributed by atoms with E-state index in [9.17, 15) is 4.79 Å². The number of halogens is 1. The third kappa shape index (κ3) is 4.43. The quantitative estimate of drug-likeness (QED) is 0.812. The Morgan fingerprint density at radius 3 is 2.72 bits per heavy atom. The molecule has 1 aromatic heterocycles. The van der Waals surface area contributed by atoms with E-state index in [2.05, 4.69) is 15.5 Å². The first kappa shape index (κ1) is 19.1. The van der Waals surface area contributed by atoms with Crippen LogP contribution in [0.3, 0.4) is 0 Å². The van der Waals surface area contributed by atoms with E-state index < -0.39 is 0 Å². The number of nitrogens with one attached hydrogen (secondary N) is 2. The number of likely N-dealkylation sites (N-methyl/N-ethyl adjacent to an activating group) is 1. The summed E-state index contributed by atoms with van der Waals surface area (Å²) in [7, 11) is 3.39. The van der Waals surface area contributed by atoms with Gasteiger partial charge in [0.05, 0.1) is 13.7 Å². The highest BCUT2D eigenvalue weighted by Gasteiger charge is 2.23. The van der Waals surface area contributed by atoms with E-state index >= 15 is 0 Å². The first-order valence-electron chi connectivity index (χ1n) is 7.98. The molecule has 3 rings (SSSR count). The Bertz CT molecular complexity index is 702. The number of fused-ring (bicyclic) bond motifs is 1. The van der Waals surface area contributed by atoms with Gasteiger partial charge in [0.2, 0.25) is 0 Å². The molecule has 7 nitrogen and oxygen atoms in total. The van der Waals surface area contributed by atoms with Crippen molar-refractivity contribution in [3.63, 3.8) is 0 Å². The van der Waals surface area contributed by atoms with Crippen molar-refractivity contribution in [2.45, 2.75) is 13.0 Å². The molecule has 0 saturated carbocycles. The molecule has 0 fully saturated rings. The molecule has 8 heteroatoms. The molecule has 25 heavy (non-hydrogen) atoms. The van der Waals surface area contributed by atoms with Crippen molar-refractivity contribution in [2.75, 3.05) is 33.9 Å². The summed E-state index contributed by atoms with van der Waals surface area (Å²) in [6.07, 6.45) is 0.875. The zero-order chi connectivity index (χ0) is 16.9. The largest absolute Gasteiger partial charge is 0.497 e. The summed E-state index contributed by atoms with van der Waals surface area (Å²) in [5.41, 5.74) is 2.54. The van der Waals surface area contributed by atoms with Gasteiger partial charge in [0.25, 0.3) is 5.91 Å². The fraction of sp³-hybridized carbons (Fsp3) is 0.412. The normalized spacial score (nSPS) is 12.7. The summed E-state index contributed by atoms with van der Waals surface area (Å²) in [4.78, 5) is 14.2. The van der Waals surface area contributed by atoms with Crippen LogP contribution in [0.4, 0.5) is 0 Å². The number of ether oxygens (including phenoxy) is 2. The zero-order valence-electron chi connectivity index (χ0n) is 14.4. The minimum absolute atomic E-state index is 0. The Hall–Kier alpha value is -2.25. The highest BCUT2D eigenvalue weighted by Crippen LogP contribution is 2.18. The topological polar surface area (TPSA) is 79.5 Å². The number of carbonyl (C=O) groups is 1. The minimum Gasteiger partial charge on any atom is -0.497 e. The molecule has 0 saturated heterocycles. The van der Waals surface area contributed by atoms with Gasteiger partial charge in [-0.1, -0.05) is 0 Å². The lowest BCUT2D eigenvalue weighted by molar-refractivity contribution is 0.0766. The summed E-state index contributed by atoms with van der Waals surface area (Å²) in [5, 5.41) is 10.4. The first-order valence-corrected chi connectivity index (χ1v) is 7.98. The van der Waals surface area contributed by atoms with E-state index in [1.807, 2.05) is 24.3 Å². The van der Waals surface area contributed by atoms with Crippen LogP contribution in [0.5, 0.6) is 11.5 Å². The van der Waals surface area contributed by atoms with Gasteiger partial charge in [-0.05, 0) is 24.3 Å². The van der Waals surface area contributed by atoms with Crippen molar-refractivity contribution in [3.05, 3.63) is 41.2 Å². The highest BCUT2D eigenvalue weighted by atomic mass is 35.5. The SMILES string of the molecule is COc1ccc(OCCN(C)C(=O)c2n[nH]c3c2CNCC3)cc1.Cl. The minimum atomic E-state index is -0.0884. The van der Waals surface area contributed by atoms with Gasteiger partial charge in [0, 0.05) is 37.8 Å². The van der Waals surface area contributed by atoms with Gasteiger partial charge in [0.1, 0.15) is 18.1 Å². The smallest absolute Gasteiger partial charge is 0.274 e. The predicted molar refractivity (Wildman–Crippen MR) is 96.7 cm³/mol. The van der Waals surface area contributed by atoms with Crippen LogP contribution in [0.1, 0.15) is 21.7 Å². The van der Waals surface area contributed by atoms with Gasteiger partial charge in [0.15, 0.2) is 5.69 Å². The van der Waals surface area contributed by atoms with E-state index in [1.54, 1.807) is 19.1 Å². The summed E-state index contributed by atoms with van der Waals surface area (Å²) in [6, 6.07) is 7.37. The van der Waals surface area contributed by atoms with E-state index in [0.29, 0.717) is 25.4 Å². The van der Waals surface area contributed by atoms with Gasteiger partial charge in [-0.15, -0.1) is 12.4 Å². The Balaban J connectivity index is 0.00000225. The molecule has 0 aliphatic carbocycles. The summed E-state index contributed by atoms with van der Waals surface area (Å²) < 4.78 is 10.8. The molecule has 0 radical (unpaired) electrons. The predicted octanol–water partition coefficient (Wildman–Crippen LogP) is 1.64. The molecule has 2 aromatic rings. The molecule has 0 spiro atoms. The van der Waals surface area contributed by atoms with Crippen LogP contribution >= 0.6 is 12.4 Å². The molecule has 1 aliphatic heterocycles. The van der Waals surface area contributed by atoms with Crippen molar-refractivity contribution in [2.24, 2.45) is 0 Å².